The lowest BCUT2D eigenvalue weighted by molar-refractivity contribution is -0.121. The Morgan fingerprint density at radius 1 is 1.11 bits per heavy atom. The third-order valence-electron chi connectivity index (χ3n) is 4.47. The Morgan fingerprint density at radius 3 is 2.67 bits per heavy atom. The molecule has 0 radical (unpaired) electrons. The summed E-state index contributed by atoms with van der Waals surface area (Å²) in [7, 11) is 0. The van der Waals surface area contributed by atoms with Gasteiger partial charge in [0.2, 0.25) is 5.91 Å². The van der Waals surface area contributed by atoms with Crippen molar-refractivity contribution in [3.63, 3.8) is 0 Å². The lowest BCUT2D eigenvalue weighted by Crippen LogP contribution is -2.41. The summed E-state index contributed by atoms with van der Waals surface area (Å²) in [6.45, 7) is 5.23. The number of ether oxygens (including phenoxy) is 1. The first-order chi connectivity index (χ1) is 13.2. The molecule has 27 heavy (non-hydrogen) atoms. The number of nitrogens with zero attached hydrogens (tertiary/aromatic N) is 4. The number of hydrogen-bond acceptors (Lipinski definition) is 6. The number of carbonyl (C=O) groups is 1. The summed E-state index contributed by atoms with van der Waals surface area (Å²) >= 11 is 0. The van der Waals surface area contributed by atoms with Crippen LogP contribution in [0.3, 0.4) is 0 Å². The minimum atomic E-state index is -0.166. The zero-order valence-corrected chi connectivity index (χ0v) is 15.3. The number of carbonyl (C=O) groups excluding carboxylic acids is 1. The van der Waals surface area contributed by atoms with Crippen LogP contribution in [0.15, 0.2) is 41.5 Å². The van der Waals surface area contributed by atoms with Crippen molar-refractivity contribution < 1.29 is 9.53 Å². The average Bonchev–Trinajstić information content (AvgIpc) is 2.71. The third kappa shape index (κ3) is 5.97. The molecule has 1 saturated heterocycles. The molecular weight excluding hydrogens is 346 g/mol. The van der Waals surface area contributed by atoms with E-state index in [9.17, 15) is 9.59 Å². The summed E-state index contributed by atoms with van der Waals surface area (Å²) in [4.78, 5) is 30.2. The minimum absolute atomic E-state index is 0.00148. The Bertz CT molecular complexity index is 787. The van der Waals surface area contributed by atoms with Crippen molar-refractivity contribution in [1.29, 1.82) is 0 Å². The number of aryl methyl sites for hydroxylation is 1. The molecular formula is C19H25N5O3. The van der Waals surface area contributed by atoms with Crippen molar-refractivity contribution in [2.75, 3.05) is 39.4 Å². The molecule has 0 spiro atoms. The molecule has 0 aliphatic carbocycles. The van der Waals surface area contributed by atoms with Gasteiger partial charge in [-0.3, -0.25) is 19.5 Å². The molecule has 0 unspecified atom stereocenters. The fraction of sp³-hybridized carbons (Fsp3) is 0.474. The summed E-state index contributed by atoms with van der Waals surface area (Å²) in [5.74, 6) is 0.00148. The van der Waals surface area contributed by atoms with Crippen LogP contribution in [-0.4, -0.2) is 65.0 Å². The Hall–Kier alpha value is -2.58. The standard InChI is InChI=1S/C19H25N5O3/c25-18(21-9-11-23-12-14-27-15-13-23)2-1-10-24-19(26)4-3-17(22-24)16-5-7-20-8-6-16/h3-8H,1-2,9-15H2,(H,21,25). The highest BCUT2D eigenvalue weighted by atomic mass is 16.5. The molecule has 3 rings (SSSR count). The first-order valence-corrected chi connectivity index (χ1v) is 9.28. The van der Waals surface area contributed by atoms with Crippen molar-refractivity contribution in [3.8, 4) is 11.3 Å². The second-order valence-electron chi connectivity index (χ2n) is 6.42. The summed E-state index contributed by atoms with van der Waals surface area (Å²) < 4.78 is 6.72. The second-order valence-corrected chi connectivity index (χ2v) is 6.42. The molecule has 0 saturated carbocycles. The highest BCUT2D eigenvalue weighted by Gasteiger charge is 2.10. The number of rotatable bonds is 8. The zero-order valence-electron chi connectivity index (χ0n) is 15.3. The first-order valence-electron chi connectivity index (χ1n) is 9.28. The second kappa shape index (κ2) is 9.94. The molecule has 8 nitrogen and oxygen atoms in total. The maximum atomic E-state index is 12.0. The molecule has 1 aliphatic heterocycles. The van der Waals surface area contributed by atoms with E-state index in [1.165, 1.54) is 10.7 Å². The lowest BCUT2D eigenvalue weighted by Gasteiger charge is -2.26. The maximum Gasteiger partial charge on any atom is 0.266 e. The van der Waals surface area contributed by atoms with E-state index in [4.69, 9.17) is 4.74 Å². The highest BCUT2D eigenvalue weighted by Crippen LogP contribution is 2.13. The van der Waals surface area contributed by atoms with Gasteiger partial charge in [-0.25, -0.2) is 4.68 Å². The smallest absolute Gasteiger partial charge is 0.266 e. The molecule has 0 bridgehead atoms. The van der Waals surface area contributed by atoms with Gasteiger partial charge in [-0.15, -0.1) is 0 Å². The fourth-order valence-electron chi connectivity index (χ4n) is 2.94. The summed E-state index contributed by atoms with van der Waals surface area (Å²) in [5, 5.41) is 7.32. The number of pyridine rings is 1. The van der Waals surface area contributed by atoms with Crippen molar-refractivity contribution in [1.82, 2.24) is 25.0 Å². The van der Waals surface area contributed by atoms with Crippen molar-refractivity contribution in [2.45, 2.75) is 19.4 Å². The summed E-state index contributed by atoms with van der Waals surface area (Å²) in [6.07, 6.45) is 4.31. The van der Waals surface area contributed by atoms with Crippen LogP contribution in [0.25, 0.3) is 11.3 Å². The number of amides is 1. The number of nitrogens with one attached hydrogen (secondary N) is 1. The fourth-order valence-corrected chi connectivity index (χ4v) is 2.94. The van der Waals surface area contributed by atoms with Crippen LogP contribution < -0.4 is 10.9 Å². The molecule has 1 amide bonds. The van der Waals surface area contributed by atoms with Gasteiger partial charge in [-0.1, -0.05) is 0 Å². The van der Waals surface area contributed by atoms with Crippen LogP contribution >= 0.6 is 0 Å². The van der Waals surface area contributed by atoms with Gasteiger partial charge in [-0.05, 0) is 24.6 Å². The van der Waals surface area contributed by atoms with E-state index in [1.807, 2.05) is 12.1 Å². The Kier molecular flexibility index (Phi) is 7.06. The van der Waals surface area contributed by atoms with E-state index in [1.54, 1.807) is 18.5 Å². The Balaban J connectivity index is 1.43. The molecule has 1 aliphatic rings. The monoisotopic (exact) mass is 371 g/mol. The normalized spacial score (nSPS) is 14.8. The Labute approximate surface area is 158 Å². The van der Waals surface area contributed by atoms with Gasteiger partial charge in [-0.2, -0.15) is 5.10 Å². The summed E-state index contributed by atoms with van der Waals surface area (Å²) in [6, 6.07) is 6.90. The lowest BCUT2D eigenvalue weighted by atomic mass is 10.2. The molecule has 2 aromatic heterocycles. The van der Waals surface area contributed by atoms with Crippen LogP contribution in [0, 0.1) is 0 Å². The van der Waals surface area contributed by atoms with Crippen LogP contribution in [0.4, 0.5) is 0 Å². The number of hydrogen-bond donors (Lipinski definition) is 1. The molecule has 1 fully saturated rings. The molecule has 2 aromatic rings. The van der Waals surface area contributed by atoms with E-state index in [2.05, 4.69) is 20.3 Å². The molecule has 144 valence electrons. The quantitative estimate of drug-likeness (QED) is 0.728. The minimum Gasteiger partial charge on any atom is -0.379 e. The zero-order chi connectivity index (χ0) is 18.9. The maximum absolute atomic E-state index is 12.0. The van der Waals surface area contributed by atoms with E-state index < -0.39 is 0 Å². The van der Waals surface area contributed by atoms with Gasteiger partial charge in [0.05, 0.1) is 18.9 Å². The van der Waals surface area contributed by atoms with Crippen LogP contribution in [0.2, 0.25) is 0 Å². The van der Waals surface area contributed by atoms with E-state index >= 15 is 0 Å². The van der Waals surface area contributed by atoms with Gasteiger partial charge in [0.25, 0.3) is 5.56 Å². The highest BCUT2D eigenvalue weighted by molar-refractivity contribution is 5.75. The summed E-state index contributed by atoms with van der Waals surface area (Å²) in [5.41, 5.74) is 1.45. The van der Waals surface area contributed by atoms with Gasteiger partial charge in [0.15, 0.2) is 0 Å². The SMILES string of the molecule is O=C(CCCn1nc(-c2ccncc2)ccc1=O)NCCN1CCOCC1. The van der Waals surface area contributed by atoms with Crippen molar-refractivity contribution >= 4 is 5.91 Å². The van der Waals surface area contributed by atoms with Gasteiger partial charge in [0.1, 0.15) is 0 Å². The van der Waals surface area contributed by atoms with Gasteiger partial charge >= 0.3 is 0 Å². The van der Waals surface area contributed by atoms with Crippen LogP contribution in [-0.2, 0) is 16.1 Å². The predicted octanol–water partition coefficient (Wildman–Crippen LogP) is 0.534. The molecule has 0 atom stereocenters. The van der Waals surface area contributed by atoms with Crippen LogP contribution in [0.5, 0.6) is 0 Å². The number of morpholine rings is 1. The molecule has 8 heteroatoms. The third-order valence-corrected chi connectivity index (χ3v) is 4.47. The largest absolute Gasteiger partial charge is 0.379 e. The molecule has 3 heterocycles. The molecule has 0 aromatic carbocycles. The number of aromatic nitrogens is 3. The van der Waals surface area contributed by atoms with E-state index in [-0.39, 0.29) is 11.5 Å². The average molecular weight is 371 g/mol. The Morgan fingerprint density at radius 2 is 1.89 bits per heavy atom. The first kappa shape index (κ1) is 19.2. The van der Waals surface area contributed by atoms with E-state index in [0.29, 0.717) is 31.6 Å². The van der Waals surface area contributed by atoms with Gasteiger partial charge < -0.3 is 10.1 Å². The van der Waals surface area contributed by atoms with Crippen molar-refractivity contribution in [3.05, 3.63) is 47.0 Å². The topological polar surface area (TPSA) is 89.3 Å². The van der Waals surface area contributed by atoms with Gasteiger partial charge in [0, 0.05) is 63.2 Å². The van der Waals surface area contributed by atoms with Crippen molar-refractivity contribution in [2.24, 2.45) is 0 Å². The molecule has 1 N–H and O–H groups in total. The predicted molar refractivity (Wildman–Crippen MR) is 101 cm³/mol. The van der Waals surface area contributed by atoms with Crippen LogP contribution in [0.1, 0.15) is 12.8 Å². The van der Waals surface area contributed by atoms with E-state index in [0.717, 1.165) is 38.4 Å².